The number of benzene rings is 2. The number of carbonyl (C=O) groups excluding carboxylic acids is 1. The Hall–Kier alpha value is -3.47. The molecule has 4 rings (SSSR count). The van der Waals surface area contributed by atoms with Gasteiger partial charge < -0.3 is 9.47 Å². The van der Waals surface area contributed by atoms with E-state index in [1.165, 1.54) is 6.07 Å². The van der Waals surface area contributed by atoms with E-state index in [0.29, 0.717) is 22.6 Å². The minimum absolute atomic E-state index is 0.0963. The molecule has 0 amide bonds. The van der Waals surface area contributed by atoms with E-state index >= 15 is 0 Å². The van der Waals surface area contributed by atoms with Gasteiger partial charge in [-0.25, -0.2) is 4.39 Å². The molecule has 26 heavy (non-hydrogen) atoms. The van der Waals surface area contributed by atoms with Crippen molar-refractivity contribution in [2.45, 2.75) is 6.61 Å². The predicted molar refractivity (Wildman–Crippen MR) is 94.3 cm³/mol. The maximum absolute atomic E-state index is 13.7. The van der Waals surface area contributed by atoms with Crippen LogP contribution in [0.5, 0.6) is 11.5 Å². The summed E-state index contributed by atoms with van der Waals surface area (Å²) in [6, 6.07) is 15.0. The largest absolute Gasteiger partial charge is 0.489 e. The Bertz CT molecular complexity index is 999. The number of hydrogen-bond donors (Lipinski definition) is 0. The minimum Gasteiger partial charge on any atom is -0.489 e. The van der Waals surface area contributed by atoms with Crippen LogP contribution in [0.4, 0.5) is 4.39 Å². The van der Waals surface area contributed by atoms with Gasteiger partial charge >= 0.3 is 0 Å². The topological polar surface area (TPSA) is 48.4 Å². The Morgan fingerprint density at radius 3 is 2.69 bits per heavy atom. The maximum atomic E-state index is 13.7. The molecule has 3 aromatic rings. The standard InChI is InChI=1S/C21H14FNO3/c22-18-4-2-1-3-15(18)13-25-16-5-6-17-19(12-16)26-20(21(17)24)11-14-7-9-23-10-8-14/h1-12H,13H2. The van der Waals surface area contributed by atoms with Crippen molar-refractivity contribution < 1.29 is 18.7 Å². The third kappa shape index (κ3) is 3.19. The van der Waals surface area contributed by atoms with Crippen molar-refractivity contribution in [3.8, 4) is 11.5 Å². The lowest BCUT2D eigenvalue weighted by molar-refractivity contribution is 0.101. The fourth-order valence-electron chi connectivity index (χ4n) is 2.64. The molecule has 0 saturated heterocycles. The first-order valence-electron chi connectivity index (χ1n) is 8.05. The van der Waals surface area contributed by atoms with Crippen molar-refractivity contribution in [2.75, 3.05) is 0 Å². The monoisotopic (exact) mass is 347 g/mol. The van der Waals surface area contributed by atoms with Crippen LogP contribution in [-0.4, -0.2) is 10.8 Å². The van der Waals surface area contributed by atoms with Crippen LogP contribution in [0.3, 0.4) is 0 Å². The zero-order valence-electron chi connectivity index (χ0n) is 13.7. The predicted octanol–water partition coefficient (Wildman–Crippen LogP) is 4.42. The van der Waals surface area contributed by atoms with Gasteiger partial charge in [0.15, 0.2) is 5.76 Å². The molecule has 4 nitrogen and oxygen atoms in total. The van der Waals surface area contributed by atoms with E-state index in [4.69, 9.17) is 9.47 Å². The molecule has 5 heteroatoms. The first kappa shape index (κ1) is 16.0. The number of Topliss-reactive ketones (excluding diaryl/α,β-unsaturated/α-hetero) is 1. The fourth-order valence-corrected chi connectivity index (χ4v) is 2.64. The Kier molecular flexibility index (Phi) is 4.19. The van der Waals surface area contributed by atoms with Crippen LogP contribution >= 0.6 is 0 Å². The van der Waals surface area contributed by atoms with Crippen molar-refractivity contribution in [3.63, 3.8) is 0 Å². The molecule has 128 valence electrons. The summed E-state index contributed by atoms with van der Waals surface area (Å²) in [7, 11) is 0. The fraction of sp³-hybridized carbons (Fsp3) is 0.0476. The zero-order chi connectivity index (χ0) is 17.9. The third-order valence-corrected chi connectivity index (χ3v) is 4.00. The van der Waals surface area contributed by atoms with E-state index < -0.39 is 0 Å². The van der Waals surface area contributed by atoms with E-state index in [1.807, 2.05) is 0 Å². The molecular weight excluding hydrogens is 333 g/mol. The van der Waals surface area contributed by atoms with Gasteiger partial charge in [0.1, 0.15) is 23.9 Å². The number of fused-ring (bicyclic) bond motifs is 1. The summed E-state index contributed by atoms with van der Waals surface area (Å²) in [5, 5.41) is 0. The summed E-state index contributed by atoms with van der Waals surface area (Å²) >= 11 is 0. The molecule has 0 aliphatic carbocycles. The highest BCUT2D eigenvalue weighted by Crippen LogP contribution is 2.35. The summed E-state index contributed by atoms with van der Waals surface area (Å²) < 4.78 is 25.0. The van der Waals surface area contributed by atoms with Crippen LogP contribution in [0, 0.1) is 5.82 Å². The molecule has 2 aromatic carbocycles. The van der Waals surface area contributed by atoms with Gasteiger partial charge in [-0.15, -0.1) is 0 Å². The summed E-state index contributed by atoms with van der Waals surface area (Å²) in [5.41, 5.74) is 1.76. The van der Waals surface area contributed by atoms with E-state index in [9.17, 15) is 9.18 Å². The van der Waals surface area contributed by atoms with Gasteiger partial charge in [0.2, 0.25) is 5.78 Å². The quantitative estimate of drug-likeness (QED) is 0.656. The van der Waals surface area contributed by atoms with E-state index in [0.717, 1.165) is 5.56 Å². The highest BCUT2D eigenvalue weighted by atomic mass is 19.1. The third-order valence-electron chi connectivity index (χ3n) is 4.00. The highest BCUT2D eigenvalue weighted by molar-refractivity contribution is 6.14. The van der Waals surface area contributed by atoms with Gasteiger partial charge in [-0.1, -0.05) is 18.2 Å². The summed E-state index contributed by atoms with van der Waals surface area (Å²) in [6.07, 6.45) is 4.96. The second-order valence-electron chi connectivity index (χ2n) is 5.76. The van der Waals surface area contributed by atoms with Crippen molar-refractivity contribution in [3.05, 3.63) is 95.3 Å². The molecule has 1 aliphatic rings. The molecule has 1 aliphatic heterocycles. The molecule has 0 spiro atoms. The number of hydrogen-bond acceptors (Lipinski definition) is 4. The highest BCUT2D eigenvalue weighted by Gasteiger charge is 2.27. The molecule has 1 aromatic heterocycles. The van der Waals surface area contributed by atoms with Gasteiger partial charge in [0, 0.05) is 24.0 Å². The molecule has 0 atom stereocenters. The second kappa shape index (κ2) is 6.80. The zero-order valence-corrected chi connectivity index (χ0v) is 13.7. The Morgan fingerprint density at radius 2 is 1.88 bits per heavy atom. The number of pyridine rings is 1. The van der Waals surface area contributed by atoms with Gasteiger partial charge in [-0.2, -0.15) is 0 Å². The normalized spacial score (nSPS) is 14.2. The average Bonchev–Trinajstić information content (AvgIpc) is 2.97. The number of halogens is 1. The Labute approximate surface area is 149 Å². The Balaban J connectivity index is 1.53. The first-order valence-corrected chi connectivity index (χ1v) is 8.05. The van der Waals surface area contributed by atoms with Crippen LogP contribution in [0.2, 0.25) is 0 Å². The number of nitrogens with zero attached hydrogens (tertiary/aromatic N) is 1. The van der Waals surface area contributed by atoms with Crippen LogP contribution in [-0.2, 0) is 6.61 Å². The molecule has 0 radical (unpaired) electrons. The van der Waals surface area contributed by atoms with E-state index in [1.54, 1.807) is 67.0 Å². The van der Waals surface area contributed by atoms with Gasteiger partial charge in [0.05, 0.1) is 5.56 Å². The van der Waals surface area contributed by atoms with Crippen LogP contribution < -0.4 is 9.47 Å². The number of ether oxygens (including phenoxy) is 2. The maximum Gasteiger partial charge on any atom is 0.231 e. The van der Waals surface area contributed by atoms with Gasteiger partial charge in [-0.05, 0) is 42.0 Å². The first-order chi connectivity index (χ1) is 12.7. The van der Waals surface area contributed by atoms with Crippen LogP contribution in [0.15, 0.2) is 72.8 Å². The lowest BCUT2D eigenvalue weighted by Gasteiger charge is -2.08. The summed E-state index contributed by atoms with van der Waals surface area (Å²) in [5.74, 6) is 0.684. The number of aromatic nitrogens is 1. The number of carbonyl (C=O) groups is 1. The summed E-state index contributed by atoms with van der Waals surface area (Å²) in [6.45, 7) is 0.0963. The van der Waals surface area contributed by atoms with Crippen LogP contribution in [0.1, 0.15) is 21.5 Å². The molecule has 0 fully saturated rings. The second-order valence-corrected chi connectivity index (χ2v) is 5.76. The average molecular weight is 347 g/mol. The van der Waals surface area contributed by atoms with E-state index in [2.05, 4.69) is 4.98 Å². The van der Waals surface area contributed by atoms with Crippen molar-refractivity contribution >= 4 is 11.9 Å². The van der Waals surface area contributed by atoms with Gasteiger partial charge in [0.25, 0.3) is 0 Å². The summed E-state index contributed by atoms with van der Waals surface area (Å²) in [4.78, 5) is 16.4. The minimum atomic E-state index is -0.317. The van der Waals surface area contributed by atoms with Crippen LogP contribution in [0.25, 0.3) is 6.08 Å². The van der Waals surface area contributed by atoms with Crippen molar-refractivity contribution in [1.29, 1.82) is 0 Å². The number of ketones is 1. The van der Waals surface area contributed by atoms with E-state index in [-0.39, 0.29) is 24.0 Å². The van der Waals surface area contributed by atoms with Gasteiger partial charge in [-0.3, -0.25) is 9.78 Å². The van der Waals surface area contributed by atoms with Crippen molar-refractivity contribution in [1.82, 2.24) is 4.98 Å². The molecule has 0 N–H and O–H groups in total. The molecule has 0 saturated carbocycles. The molecule has 0 bridgehead atoms. The molecule has 2 heterocycles. The number of allylic oxidation sites excluding steroid dienone is 1. The molecular formula is C21H14FNO3. The SMILES string of the molecule is O=C1C(=Cc2ccncc2)Oc2cc(OCc3ccccc3F)ccc21. The Morgan fingerprint density at radius 1 is 1.08 bits per heavy atom. The lowest BCUT2D eigenvalue weighted by atomic mass is 10.1. The number of rotatable bonds is 4. The van der Waals surface area contributed by atoms with Crippen molar-refractivity contribution in [2.24, 2.45) is 0 Å². The molecule has 0 unspecified atom stereocenters. The smallest absolute Gasteiger partial charge is 0.231 e. The lowest BCUT2D eigenvalue weighted by Crippen LogP contribution is -1.98.